The molecule has 0 aliphatic heterocycles. The van der Waals surface area contributed by atoms with Crippen LogP contribution in [0.2, 0.25) is 0 Å². The maximum Gasteiger partial charge on any atom is 0.230 e. The van der Waals surface area contributed by atoms with Gasteiger partial charge in [0.1, 0.15) is 0 Å². The predicted molar refractivity (Wildman–Crippen MR) is 112 cm³/mol. The molecule has 2 aromatic rings. The third-order valence-electron chi connectivity index (χ3n) is 4.10. The molecule has 27 heavy (non-hydrogen) atoms. The SMILES string of the molecule is CC(C)(C)c1ccc(SCC(=O)NCCCS(=O)(=O)c2ccccc2)cc1. The summed E-state index contributed by atoms with van der Waals surface area (Å²) < 4.78 is 24.3. The van der Waals surface area contributed by atoms with Crippen molar-refractivity contribution < 1.29 is 13.2 Å². The molecule has 0 aliphatic rings. The topological polar surface area (TPSA) is 63.2 Å². The van der Waals surface area contributed by atoms with E-state index in [0.717, 1.165) is 4.90 Å². The van der Waals surface area contributed by atoms with Gasteiger partial charge in [0.05, 0.1) is 16.4 Å². The van der Waals surface area contributed by atoms with Crippen LogP contribution in [0.25, 0.3) is 0 Å². The molecule has 0 spiro atoms. The van der Waals surface area contributed by atoms with Gasteiger partial charge in [-0.1, -0.05) is 51.1 Å². The molecule has 0 saturated heterocycles. The van der Waals surface area contributed by atoms with E-state index in [1.54, 1.807) is 30.3 Å². The van der Waals surface area contributed by atoms with Gasteiger partial charge in [-0.25, -0.2) is 8.42 Å². The zero-order chi connectivity index (χ0) is 19.9. The number of benzene rings is 2. The Bertz CT molecular complexity index is 839. The number of nitrogens with one attached hydrogen (secondary N) is 1. The minimum Gasteiger partial charge on any atom is -0.355 e. The molecule has 0 heterocycles. The molecule has 0 unspecified atom stereocenters. The fourth-order valence-corrected chi connectivity index (χ4v) is 4.55. The van der Waals surface area contributed by atoms with Crippen molar-refractivity contribution in [1.82, 2.24) is 5.32 Å². The van der Waals surface area contributed by atoms with Gasteiger partial charge in [-0.2, -0.15) is 0 Å². The maximum atomic E-state index is 12.2. The van der Waals surface area contributed by atoms with E-state index < -0.39 is 9.84 Å². The average molecular weight is 406 g/mol. The summed E-state index contributed by atoms with van der Waals surface area (Å²) in [5.74, 6) is 0.260. The van der Waals surface area contributed by atoms with Crippen LogP contribution < -0.4 is 5.32 Å². The monoisotopic (exact) mass is 405 g/mol. The number of thioether (sulfide) groups is 1. The fourth-order valence-electron chi connectivity index (χ4n) is 2.49. The molecule has 6 heteroatoms. The molecule has 0 atom stereocenters. The Balaban J connectivity index is 1.71. The van der Waals surface area contributed by atoms with Gasteiger partial charge in [-0.15, -0.1) is 11.8 Å². The molecule has 4 nitrogen and oxygen atoms in total. The molecule has 0 fully saturated rings. The van der Waals surface area contributed by atoms with E-state index in [1.165, 1.54) is 17.3 Å². The summed E-state index contributed by atoms with van der Waals surface area (Å²) in [5, 5.41) is 2.79. The molecular formula is C21H27NO3S2. The molecule has 0 aromatic heterocycles. The lowest BCUT2D eigenvalue weighted by Crippen LogP contribution is -2.27. The Labute approximate surface area is 166 Å². The van der Waals surface area contributed by atoms with Gasteiger partial charge in [0.15, 0.2) is 9.84 Å². The van der Waals surface area contributed by atoms with Gasteiger partial charge in [-0.05, 0) is 41.7 Å². The number of carbonyl (C=O) groups excluding carboxylic acids is 1. The summed E-state index contributed by atoms with van der Waals surface area (Å²) in [4.78, 5) is 13.3. The molecule has 2 rings (SSSR count). The average Bonchev–Trinajstić information content (AvgIpc) is 2.64. The molecule has 2 aromatic carbocycles. The van der Waals surface area contributed by atoms with Crippen molar-refractivity contribution >= 4 is 27.5 Å². The van der Waals surface area contributed by atoms with Crippen molar-refractivity contribution in [3.05, 3.63) is 60.2 Å². The molecule has 1 N–H and O–H groups in total. The predicted octanol–water partition coefficient (Wildman–Crippen LogP) is 4.06. The van der Waals surface area contributed by atoms with Crippen LogP contribution >= 0.6 is 11.8 Å². The molecule has 0 bridgehead atoms. The quantitative estimate of drug-likeness (QED) is 0.531. The summed E-state index contributed by atoms with van der Waals surface area (Å²) in [6, 6.07) is 16.6. The van der Waals surface area contributed by atoms with E-state index in [2.05, 4.69) is 38.2 Å². The van der Waals surface area contributed by atoms with Crippen LogP contribution in [0.15, 0.2) is 64.4 Å². The van der Waals surface area contributed by atoms with Crippen LogP contribution in [-0.4, -0.2) is 32.4 Å². The van der Waals surface area contributed by atoms with Crippen molar-refractivity contribution in [3.8, 4) is 0 Å². The summed E-state index contributed by atoms with van der Waals surface area (Å²) in [6.45, 7) is 6.86. The first-order valence-corrected chi connectivity index (χ1v) is 11.6. The highest BCUT2D eigenvalue weighted by Gasteiger charge is 2.14. The second-order valence-electron chi connectivity index (χ2n) is 7.40. The molecular weight excluding hydrogens is 378 g/mol. The molecule has 0 aliphatic carbocycles. The number of hydrogen-bond donors (Lipinski definition) is 1. The van der Waals surface area contributed by atoms with E-state index in [-0.39, 0.29) is 17.1 Å². The lowest BCUT2D eigenvalue weighted by Gasteiger charge is -2.19. The molecule has 0 saturated carbocycles. The zero-order valence-corrected chi connectivity index (χ0v) is 17.7. The largest absolute Gasteiger partial charge is 0.355 e. The van der Waals surface area contributed by atoms with E-state index in [0.29, 0.717) is 23.6 Å². The van der Waals surface area contributed by atoms with Crippen molar-refractivity contribution in [1.29, 1.82) is 0 Å². The van der Waals surface area contributed by atoms with Crippen LogP contribution in [0.3, 0.4) is 0 Å². The standard InChI is InChI=1S/C21H27NO3S2/c1-21(2,3)17-10-12-18(13-11-17)26-16-20(23)22-14-7-15-27(24,25)19-8-5-4-6-9-19/h4-6,8-13H,7,14-16H2,1-3H3,(H,22,23). The van der Waals surface area contributed by atoms with Crippen molar-refractivity contribution in [2.45, 2.75) is 42.4 Å². The lowest BCUT2D eigenvalue weighted by molar-refractivity contribution is -0.118. The molecule has 1 amide bonds. The first kappa shape index (κ1) is 21.5. The minimum atomic E-state index is -3.29. The normalized spacial score (nSPS) is 12.0. The van der Waals surface area contributed by atoms with Gasteiger partial charge < -0.3 is 5.32 Å². The van der Waals surface area contributed by atoms with Crippen LogP contribution in [0.5, 0.6) is 0 Å². The van der Waals surface area contributed by atoms with Gasteiger partial charge in [0.25, 0.3) is 0 Å². The first-order chi connectivity index (χ1) is 12.7. The van der Waals surface area contributed by atoms with E-state index in [1.807, 2.05) is 12.1 Å². The number of rotatable bonds is 8. The Kier molecular flexibility index (Phi) is 7.50. The van der Waals surface area contributed by atoms with Crippen LogP contribution in [0.4, 0.5) is 0 Å². The number of sulfone groups is 1. The third-order valence-corrected chi connectivity index (χ3v) is 6.93. The van der Waals surface area contributed by atoms with Gasteiger partial charge in [0.2, 0.25) is 5.91 Å². The molecule has 0 radical (unpaired) electrons. The fraction of sp³-hybridized carbons (Fsp3) is 0.381. The van der Waals surface area contributed by atoms with Crippen molar-refractivity contribution in [2.75, 3.05) is 18.1 Å². The van der Waals surface area contributed by atoms with Crippen LogP contribution in [-0.2, 0) is 20.0 Å². The second-order valence-corrected chi connectivity index (χ2v) is 10.6. The van der Waals surface area contributed by atoms with Crippen LogP contribution in [0.1, 0.15) is 32.8 Å². The summed E-state index contributed by atoms with van der Waals surface area (Å²) in [5.41, 5.74) is 1.37. The Morgan fingerprint density at radius 1 is 1.00 bits per heavy atom. The highest BCUT2D eigenvalue weighted by molar-refractivity contribution is 8.00. The summed E-state index contributed by atoms with van der Waals surface area (Å²) in [6.07, 6.45) is 0.397. The Hall–Kier alpha value is -1.79. The smallest absolute Gasteiger partial charge is 0.230 e. The number of amides is 1. The maximum absolute atomic E-state index is 12.2. The highest BCUT2D eigenvalue weighted by Crippen LogP contribution is 2.25. The van der Waals surface area contributed by atoms with Crippen LogP contribution in [0, 0.1) is 0 Å². The van der Waals surface area contributed by atoms with Gasteiger partial charge in [0, 0.05) is 11.4 Å². The van der Waals surface area contributed by atoms with Crippen molar-refractivity contribution in [3.63, 3.8) is 0 Å². The third kappa shape index (κ3) is 7.03. The second kappa shape index (κ2) is 9.42. The minimum absolute atomic E-state index is 0.0265. The van der Waals surface area contributed by atoms with E-state index in [9.17, 15) is 13.2 Å². The summed E-state index contributed by atoms with van der Waals surface area (Å²) >= 11 is 1.48. The molecule has 146 valence electrons. The van der Waals surface area contributed by atoms with E-state index in [4.69, 9.17) is 0 Å². The number of hydrogen-bond acceptors (Lipinski definition) is 4. The Morgan fingerprint density at radius 3 is 2.22 bits per heavy atom. The highest BCUT2D eigenvalue weighted by atomic mass is 32.2. The number of carbonyl (C=O) groups is 1. The zero-order valence-electron chi connectivity index (χ0n) is 16.1. The van der Waals surface area contributed by atoms with E-state index >= 15 is 0 Å². The van der Waals surface area contributed by atoms with Gasteiger partial charge >= 0.3 is 0 Å². The summed E-state index contributed by atoms with van der Waals surface area (Å²) in [7, 11) is -3.29. The first-order valence-electron chi connectivity index (χ1n) is 8.96. The van der Waals surface area contributed by atoms with Gasteiger partial charge in [-0.3, -0.25) is 4.79 Å². The Morgan fingerprint density at radius 2 is 1.63 bits per heavy atom. The van der Waals surface area contributed by atoms with Crippen molar-refractivity contribution in [2.24, 2.45) is 0 Å². The lowest BCUT2D eigenvalue weighted by atomic mass is 9.87.